The first-order valence-electron chi connectivity index (χ1n) is 12.7. The highest BCUT2D eigenvalue weighted by molar-refractivity contribution is 7.80. The molecular formula is C29H20BF10N2O2S. The molecule has 0 aliphatic carbocycles. The van der Waals surface area contributed by atoms with Crippen LogP contribution in [0.5, 0.6) is 11.5 Å². The van der Waals surface area contributed by atoms with Crippen molar-refractivity contribution in [2.45, 2.75) is 13.8 Å². The van der Waals surface area contributed by atoms with E-state index < -0.39 is 69.1 Å². The van der Waals surface area contributed by atoms with E-state index in [1.54, 1.807) is 0 Å². The number of thiocarbonyl (C=S) groups is 1. The Kier molecular flexibility index (Phi) is 12.1. The molecule has 1 radical (unpaired) electrons. The Labute approximate surface area is 256 Å². The molecule has 0 atom stereocenters. The van der Waals surface area contributed by atoms with E-state index in [-0.39, 0.29) is 7.28 Å². The van der Waals surface area contributed by atoms with Crippen LogP contribution in [-0.4, -0.2) is 25.6 Å². The lowest BCUT2D eigenvalue weighted by Gasteiger charge is -2.12. The molecule has 0 unspecified atom stereocenters. The highest BCUT2D eigenvalue weighted by atomic mass is 32.1. The molecule has 4 aromatic carbocycles. The second kappa shape index (κ2) is 15.5. The van der Waals surface area contributed by atoms with E-state index in [4.69, 9.17) is 21.7 Å². The molecule has 0 heterocycles. The summed E-state index contributed by atoms with van der Waals surface area (Å²) in [5.74, 6) is -23.2. The van der Waals surface area contributed by atoms with E-state index in [9.17, 15) is 43.9 Å². The topological polar surface area (TPSA) is 42.5 Å². The molecule has 0 aliphatic heterocycles. The van der Waals surface area contributed by atoms with E-state index in [0.717, 1.165) is 22.9 Å². The van der Waals surface area contributed by atoms with Gasteiger partial charge in [0.15, 0.2) is 63.3 Å². The molecule has 0 fully saturated rings. The summed E-state index contributed by atoms with van der Waals surface area (Å²) in [7, 11) is -0.369. The zero-order valence-electron chi connectivity index (χ0n) is 23.1. The molecule has 0 aliphatic rings. The molecule has 4 rings (SSSR count). The number of halogens is 10. The first kappa shape index (κ1) is 35.0. The number of rotatable bonds is 8. The molecule has 0 amide bonds. The average molecular weight is 661 g/mol. The Morgan fingerprint density at radius 2 is 0.778 bits per heavy atom. The maximum atomic E-state index is 13.4. The first-order chi connectivity index (χ1) is 21.3. The normalized spacial score (nSPS) is 10.5. The zero-order chi connectivity index (χ0) is 33.4. The van der Waals surface area contributed by atoms with Gasteiger partial charge in [0.1, 0.15) is 11.5 Å². The van der Waals surface area contributed by atoms with Crippen LogP contribution in [0.2, 0.25) is 0 Å². The summed E-state index contributed by atoms with van der Waals surface area (Å²) in [5.41, 5.74) is -1.90. The Morgan fingerprint density at radius 1 is 0.511 bits per heavy atom. The standard InChI is InChI=1S/C17H20N2O2S.C12BF10/c1-3-20-15-9-5-13(6-10-15)18-17(22)19-14-7-11-16(12-8-14)21-4-2;14-3-1(4(15)8(19)11(22)7(3)18)13-2-5(16)9(20)12(23)10(21)6(2)17/h5-12H,3-4H2,1-2H3,(H2,18,19,22);. The third kappa shape index (κ3) is 8.38. The van der Waals surface area contributed by atoms with Gasteiger partial charge in [0.25, 0.3) is 0 Å². The summed E-state index contributed by atoms with van der Waals surface area (Å²) in [6.07, 6.45) is 0. The van der Waals surface area contributed by atoms with Gasteiger partial charge >= 0.3 is 0 Å². The van der Waals surface area contributed by atoms with Crippen LogP contribution in [0, 0.1) is 58.2 Å². The van der Waals surface area contributed by atoms with Gasteiger partial charge in [-0.1, -0.05) is 0 Å². The van der Waals surface area contributed by atoms with Crippen LogP contribution in [0.3, 0.4) is 0 Å². The molecule has 45 heavy (non-hydrogen) atoms. The van der Waals surface area contributed by atoms with E-state index in [1.165, 1.54) is 0 Å². The molecule has 0 saturated heterocycles. The van der Waals surface area contributed by atoms with Crippen molar-refractivity contribution in [1.29, 1.82) is 0 Å². The second-order valence-corrected chi connectivity index (χ2v) is 9.01. The van der Waals surface area contributed by atoms with Crippen LogP contribution >= 0.6 is 12.2 Å². The van der Waals surface area contributed by atoms with Gasteiger partial charge in [-0.05, 0) is 85.5 Å². The quantitative estimate of drug-likeness (QED) is 0.0699. The summed E-state index contributed by atoms with van der Waals surface area (Å²) in [4.78, 5) is 0. The van der Waals surface area contributed by atoms with Crippen molar-refractivity contribution in [2.75, 3.05) is 23.8 Å². The lowest BCUT2D eigenvalue weighted by molar-refractivity contribution is 0.340. The molecule has 2 N–H and O–H groups in total. The van der Waals surface area contributed by atoms with Crippen LogP contribution in [0.1, 0.15) is 13.8 Å². The van der Waals surface area contributed by atoms with Gasteiger partial charge < -0.3 is 20.1 Å². The van der Waals surface area contributed by atoms with Gasteiger partial charge in [-0.25, -0.2) is 43.9 Å². The number of ether oxygens (including phenoxy) is 2. The Morgan fingerprint density at radius 3 is 1.04 bits per heavy atom. The molecule has 0 bridgehead atoms. The van der Waals surface area contributed by atoms with Gasteiger partial charge in [-0.15, -0.1) is 0 Å². The fraction of sp³-hybridized carbons (Fsp3) is 0.138. The summed E-state index contributed by atoms with van der Waals surface area (Å²) in [5, 5.41) is 6.80. The number of anilines is 2. The predicted octanol–water partition coefficient (Wildman–Crippen LogP) is 7.03. The summed E-state index contributed by atoms with van der Waals surface area (Å²) < 4.78 is 142. The fourth-order valence-electron chi connectivity index (χ4n) is 3.54. The minimum atomic E-state index is -2.55. The average Bonchev–Trinajstić information content (AvgIpc) is 3.03. The number of hydrogen-bond acceptors (Lipinski definition) is 3. The summed E-state index contributed by atoms with van der Waals surface area (Å²) in [6, 6.07) is 15.3. The Balaban J connectivity index is 0.000000246. The molecule has 0 saturated carbocycles. The maximum absolute atomic E-state index is 13.4. The smallest absolute Gasteiger partial charge is 0.207 e. The summed E-state index contributed by atoms with van der Waals surface area (Å²) in [6.45, 7) is 5.24. The maximum Gasteiger partial charge on any atom is 0.207 e. The molecule has 4 nitrogen and oxygen atoms in total. The van der Waals surface area contributed by atoms with Crippen molar-refractivity contribution in [3.63, 3.8) is 0 Å². The highest BCUT2D eigenvalue weighted by Crippen LogP contribution is 2.20. The first-order valence-corrected chi connectivity index (χ1v) is 13.1. The third-order valence-electron chi connectivity index (χ3n) is 5.62. The van der Waals surface area contributed by atoms with Crippen molar-refractivity contribution in [2.24, 2.45) is 0 Å². The van der Waals surface area contributed by atoms with Gasteiger partial charge in [0.2, 0.25) is 7.28 Å². The lowest BCUT2D eigenvalue weighted by atomic mass is 9.62. The Bertz CT molecular complexity index is 1500. The van der Waals surface area contributed by atoms with Crippen molar-refractivity contribution < 1.29 is 53.4 Å². The molecule has 4 aromatic rings. The minimum Gasteiger partial charge on any atom is -0.494 e. The molecular weight excluding hydrogens is 641 g/mol. The Hall–Kier alpha value is -4.47. The molecule has 0 spiro atoms. The number of benzene rings is 4. The van der Waals surface area contributed by atoms with E-state index in [0.29, 0.717) is 18.3 Å². The fourth-order valence-corrected chi connectivity index (χ4v) is 3.77. The van der Waals surface area contributed by atoms with Crippen LogP contribution in [0.25, 0.3) is 0 Å². The van der Waals surface area contributed by atoms with Gasteiger partial charge in [0.05, 0.1) is 13.2 Å². The minimum absolute atomic E-state index is 0.369. The monoisotopic (exact) mass is 661 g/mol. The number of hydrogen-bond donors (Lipinski definition) is 2. The van der Waals surface area contributed by atoms with Crippen LogP contribution in [0.15, 0.2) is 48.5 Å². The van der Waals surface area contributed by atoms with E-state index >= 15 is 0 Å². The van der Waals surface area contributed by atoms with Crippen molar-refractivity contribution >= 4 is 46.9 Å². The van der Waals surface area contributed by atoms with Crippen LogP contribution < -0.4 is 31.0 Å². The van der Waals surface area contributed by atoms with E-state index in [2.05, 4.69) is 10.6 Å². The van der Waals surface area contributed by atoms with Crippen molar-refractivity contribution in [1.82, 2.24) is 0 Å². The molecule has 237 valence electrons. The zero-order valence-corrected chi connectivity index (χ0v) is 23.9. The predicted molar refractivity (Wildman–Crippen MR) is 153 cm³/mol. The molecule has 0 aromatic heterocycles. The number of nitrogens with one attached hydrogen (secondary N) is 2. The summed E-state index contributed by atoms with van der Waals surface area (Å²) >= 11 is 5.30. The third-order valence-corrected chi connectivity index (χ3v) is 5.83. The highest BCUT2D eigenvalue weighted by Gasteiger charge is 2.31. The van der Waals surface area contributed by atoms with E-state index in [1.807, 2.05) is 62.4 Å². The van der Waals surface area contributed by atoms with Gasteiger partial charge in [0, 0.05) is 11.4 Å². The van der Waals surface area contributed by atoms with Crippen molar-refractivity contribution in [3.05, 3.63) is 107 Å². The second-order valence-electron chi connectivity index (χ2n) is 8.61. The lowest BCUT2D eigenvalue weighted by Crippen LogP contribution is -2.39. The van der Waals surface area contributed by atoms with Gasteiger partial charge in [-0.2, -0.15) is 0 Å². The van der Waals surface area contributed by atoms with Crippen molar-refractivity contribution in [3.8, 4) is 11.5 Å². The SMILES string of the molecule is CCOc1ccc(NC(=S)Nc2ccc(OCC)cc2)cc1.Fc1c(F)c(F)c([B]c2c(F)c(F)c(F)c(F)c2F)c(F)c1F. The largest absolute Gasteiger partial charge is 0.494 e. The van der Waals surface area contributed by atoms with Crippen LogP contribution in [-0.2, 0) is 0 Å². The molecule has 16 heteroatoms. The van der Waals surface area contributed by atoms with Gasteiger partial charge in [-0.3, -0.25) is 0 Å². The van der Waals surface area contributed by atoms with Crippen LogP contribution in [0.4, 0.5) is 55.3 Å².